The van der Waals surface area contributed by atoms with Gasteiger partial charge < -0.3 is 21.0 Å². The Morgan fingerprint density at radius 1 is 1.44 bits per heavy atom. The monoisotopic (exact) mass is 529 g/mol. The van der Waals surface area contributed by atoms with E-state index in [4.69, 9.17) is 10.6 Å². The van der Waals surface area contributed by atoms with Crippen LogP contribution in [0.25, 0.3) is 5.65 Å². The lowest BCUT2D eigenvalue weighted by Crippen LogP contribution is -2.71. The van der Waals surface area contributed by atoms with Gasteiger partial charge in [-0.15, -0.1) is 23.1 Å². The molecule has 0 spiro atoms. The number of thioether (sulfide) groups is 1. The minimum Gasteiger partial charge on any atom is -0.477 e. The number of aryl methyl sites for hydroxylation is 1. The first-order valence-electron chi connectivity index (χ1n) is 10.6. The minimum atomic E-state index is -1.21. The number of nitrogens with one attached hydrogen (secondary N) is 1. The molecule has 0 bridgehead atoms. The lowest BCUT2D eigenvalue weighted by atomic mass is 10.0. The Morgan fingerprint density at radius 3 is 2.94 bits per heavy atom. The number of nitrogens with zero attached hydrogens (tertiary/aromatic N) is 6. The van der Waals surface area contributed by atoms with Gasteiger partial charge in [0, 0.05) is 27.9 Å². The van der Waals surface area contributed by atoms with Crippen LogP contribution in [0.3, 0.4) is 0 Å². The second kappa shape index (κ2) is 9.23. The highest BCUT2D eigenvalue weighted by Gasteiger charge is 2.54. The van der Waals surface area contributed by atoms with Gasteiger partial charge in [0.05, 0.1) is 6.54 Å². The van der Waals surface area contributed by atoms with Crippen molar-refractivity contribution in [3.05, 3.63) is 52.6 Å². The van der Waals surface area contributed by atoms with E-state index in [0.29, 0.717) is 11.3 Å². The number of aliphatic carboxylic acids is 1. The molecule has 15 heteroatoms. The van der Waals surface area contributed by atoms with Crippen molar-refractivity contribution < 1.29 is 28.9 Å². The van der Waals surface area contributed by atoms with Crippen LogP contribution in [0.5, 0.6) is 0 Å². The van der Waals surface area contributed by atoms with Crippen LogP contribution in [0.2, 0.25) is 0 Å². The summed E-state index contributed by atoms with van der Waals surface area (Å²) in [5.41, 5.74) is 8.06. The summed E-state index contributed by atoms with van der Waals surface area (Å²) < 4.78 is 3.53. The Kier molecular flexibility index (Phi) is 6.09. The summed E-state index contributed by atoms with van der Waals surface area (Å²) in [6, 6.07) is 2.94. The third-order valence-corrected chi connectivity index (χ3v) is 7.75. The number of amides is 2. The van der Waals surface area contributed by atoms with Crippen LogP contribution in [0.1, 0.15) is 11.3 Å². The molecule has 0 saturated carbocycles. The second-order valence-corrected chi connectivity index (χ2v) is 10.1. The SMILES string of the molecule is CO/N=C(\C(=O)N[C@@H]1C(=O)N2C(C(=O)O)=C(C[n+]3cnn4ccc(C)cc43)CS[C@H]12)c1csc(N)n1. The number of pyridine rings is 1. The van der Waals surface area contributed by atoms with Gasteiger partial charge in [-0.2, -0.15) is 0 Å². The Bertz CT molecular complexity index is 1460. The lowest BCUT2D eigenvalue weighted by Gasteiger charge is -2.49. The molecule has 3 aromatic heterocycles. The van der Waals surface area contributed by atoms with Gasteiger partial charge in [0.15, 0.2) is 10.8 Å². The van der Waals surface area contributed by atoms with Gasteiger partial charge in [0.25, 0.3) is 23.8 Å². The number of fused-ring (bicyclic) bond motifs is 2. The van der Waals surface area contributed by atoms with Gasteiger partial charge in [-0.25, -0.2) is 14.3 Å². The number of nitrogens with two attached hydrogens (primary N) is 1. The zero-order valence-electron chi connectivity index (χ0n) is 19.1. The number of aromatic nitrogens is 4. The fourth-order valence-electron chi connectivity index (χ4n) is 4.11. The molecule has 2 aliphatic heterocycles. The highest BCUT2D eigenvalue weighted by atomic mass is 32.2. The van der Waals surface area contributed by atoms with Gasteiger partial charge in [-0.05, 0) is 18.6 Å². The largest absolute Gasteiger partial charge is 0.477 e. The van der Waals surface area contributed by atoms with Gasteiger partial charge in [0.1, 0.15) is 36.1 Å². The molecular formula is C21H21N8O5S2+. The Hall–Kier alpha value is -3.98. The first-order valence-corrected chi connectivity index (χ1v) is 12.6. The van der Waals surface area contributed by atoms with E-state index in [1.165, 1.54) is 23.8 Å². The molecule has 3 aromatic rings. The van der Waals surface area contributed by atoms with Crippen molar-refractivity contribution in [1.82, 2.24) is 24.8 Å². The normalized spacial score (nSPS) is 19.8. The molecule has 1 saturated heterocycles. The van der Waals surface area contributed by atoms with Crippen LogP contribution < -0.4 is 15.6 Å². The van der Waals surface area contributed by atoms with E-state index >= 15 is 0 Å². The summed E-state index contributed by atoms with van der Waals surface area (Å²) in [5, 5.41) is 21.9. The number of rotatable bonds is 7. The molecule has 36 heavy (non-hydrogen) atoms. The summed E-state index contributed by atoms with van der Waals surface area (Å²) in [5.74, 6) is -2.04. The fraction of sp³-hybridized carbons (Fsp3) is 0.286. The van der Waals surface area contributed by atoms with Crippen molar-refractivity contribution >= 4 is 57.4 Å². The van der Waals surface area contributed by atoms with E-state index in [0.717, 1.165) is 22.5 Å². The molecule has 2 aliphatic rings. The number of thiazole rings is 1. The summed E-state index contributed by atoms with van der Waals surface area (Å²) in [4.78, 5) is 48.2. The van der Waals surface area contributed by atoms with Crippen LogP contribution in [0.4, 0.5) is 5.13 Å². The summed E-state index contributed by atoms with van der Waals surface area (Å²) in [6.07, 6.45) is 3.45. The van der Waals surface area contributed by atoms with Gasteiger partial charge >= 0.3 is 5.97 Å². The lowest BCUT2D eigenvalue weighted by molar-refractivity contribution is -0.664. The third-order valence-electron chi connectivity index (χ3n) is 5.74. The molecule has 4 N–H and O–H groups in total. The molecule has 0 radical (unpaired) electrons. The number of anilines is 1. The zero-order valence-corrected chi connectivity index (χ0v) is 20.7. The maximum absolute atomic E-state index is 13.0. The molecule has 2 atom stereocenters. The predicted molar refractivity (Wildman–Crippen MR) is 130 cm³/mol. The number of nitrogen functional groups attached to an aromatic ring is 1. The first-order chi connectivity index (χ1) is 17.3. The molecule has 0 unspecified atom stereocenters. The van der Waals surface area contributed by atoms with Crippen molar-refractivity contribution in [3.63, 3.8) is 0 Å². The topological polar surface area (TPSA) is 168 Å². The summed E-state index contributed by atoms with van der Waals surface area (Å²) in [6.45, 7) is 2.21. The van der Waals surface area contributed by atoms with Crippen molar-refractivity contribution in [2.45, 2.75) is 24.9 Å². The number of carboxylic acid groups (broad SMARTS) is 1. The predicted octanol–water partition coefficient (Wildman–Crippen LogP) is -0.242. The zero-order chi connectivity index (χ0) is 25.6. The van der Waals surface area contributed by atoms with Crippen LogP contribution in [-0.4, -0.2) is 72.4 Å². The smallest absolute Gasteiger partial charge is 0.352 e. The molecule has 5 rings (SSSR count). The highest BCUT2D eigenvalue weighted by molar-refractivity contribution is 8.00. The van der Waals surface area contributed by atoms with E-state index in [9.17, 15) is 19.5 Å². The van der Waals surface area contributed by atoms with Gasteiger partial charge in [0.2, 0.25) is 0 Å². The van der Waals surface area contributed by atoms with E-state index < -0.39 is 29.2 Å². The summed E-state index contributed by atoms with van der Waals surface area (Å²) in [7, 11) is 1.28. The molecule has 0 aromatic carbocycles. The highest BCUT2D eigenvalue weighted by Crippen LogP contribution is 2.40. The van der Waals surface area contributed by atoms with Crippen molar-refractivity contribution in [2.75, 3.05) is 18.6 Å². The number of β-lactam (4-membered cyclic amide) rings is 1. The Labute approximate surface area is 212 Å². The molecule has 2 amide bonds. The average molecular weight is 530 g/mol. The number of carboxylic acids is 1. The van der Waals surface area contributed by atoms with Crippen LogP contribution >= 0.6 is 23.1 Å². The number of oxime groups is 1. The number of hydrogen-bond donors (Lipinski definition) is 3. The molecule has 13 nitrogen and oxygen atoms in total. The minimum absolute atomic E-state index is 0.0770. The van der Waals surface area contributed by atoms with Gasteiger partial charge in [-0.3, -0.25) is 14.5 Å². The number of carbonyl (C=O) groups excluding carboxylic acids is 2. The number of hydrogen-bond acceptors (Lipinski definition) is 10. The van der Waals surface area contributed by atoms with E-state index in [-0.39, 0.29) is 28.8 Å². The maximum atomic E-state index is 13.0. The van der Waals surface area contributed by atoms with Gasteiger partial charge in [-0.1, -0.05) is 9.67 Å². The third kappa shape index (κ3) is 4.05. The van der Waals surface area contributed by atoms with Crippen LogP contribution in [0, 0.1) is 6.92 Å². The van der Waals surface area contributed by atoms with Crippen molar-refractivity contribution in [3.8, 4) is 0 Å². The van der Waals surface area contributed by atoms with E-state index in [2.05, 4.69) is 20.6 Å². The van der Waals surface area contributed by atoms with E-state index in [1.54, 1.807) is 16.2 Å². The second-order valence-electron chi connectivity index (χ2n) is 8.08. The molecular weight excluding hydrogens is 508 g/mol. The molecule has 5 heterocycles. The Morgan fingerprint density at radius 2 is 2.25 bits per heavy atom. The van der Waals surface area contributed by atoms with Crippen LogP contribution in [0.15, 0.2) is 46.5 Å². The Balaban J connectivity index is 1.38. The average Bonchev–Trinajstić information content (AvgIpc) is 3.46. The van der Waals surface area contributed by atoms with Crippen molar-refractivity contribution in [2.24, 2.45) is 5.16 Å². The van der Waals surface area contributed by atoms with Crippen molar-refractivity contribution in [1.29, 1.82) is 0 Å². The van der Waals surface area contributed by atoms with E-state index in [1.807, 2.05) is 29.8 Å². The molecule has 0 aliphatic carbocycles. The molecule has 186 valence electrons. The number of carbonyl (C=O) groups is 3. The standard InChI is InChI=1S/C21H20N8O5S2/c1-10-3-4-28-13(5-10)27(9-23-28)6-11-7-35-19-15(18(31)29(19)16(11)20(32)33)25-17(30)14(26-34-2)12-8-36-21(22)24-12/h3-5,8-9,15,19H,6-7H2,1-2H3,(H3-,22,24,25,30,32,33)/p+1/b26-14-/t15-,19-/m1/s1. The van der Waals surface area contributed by atoms with Crippen LogP contribution in [-0.2, 0) is 25.8 Å². The fourth-order valence-corrected chi connectivity index (χ4v) is 5.99. The molecule has 1 fully saturated rings. The first kappa shape index (κ1) is 23.7. The summed E-state index contributed by atoms with van der Waals surface area (Å²) >= 11 is 2.51. The quantitative estimate of drug-likeness (QED) is 0.162. The maximum Gasteiger partial charge on any atom is 0.352 e.